The van der Waals surface area contributed by atoms with Gasteiger partial charge in [0, 0.05) is 6.20 Å². The van der Waals surface area contributed by atoms with Gasteiger partial charge in [-0.3, -0.25) is 0 Å². The Morgan fingerprint density at radius 3 is 2.85 bits per heavy atom. The lowest BCUT2D eigenvalue weighted by Gasteiger charge is -2.03. The Bertz CT molecular complexity index is 317. The molecule has 0 fully saturated rings. The first-order valence-corrected chi connectivity index (χ1v) is 3.33. The van der Waals surface area contributed by atoms with Crippen LogP contribution < -0.4 is 0 Å². The minimum atomic E-state index is -2.78. The molecule has 0 aliphatic heterocycles. The van der Waals surface area contributed by atoms with Crippen LogP contribution in [0.3, 0.4) is 0 Å². The molecule has 0 saturated heterocycles. The summed E-state index contributed by atoms with van der Waals surface area (Å²) >= 11 is 0. The second-order valence-corrected chi connectivity index (χ2v) is 2.12. The van der Waals surface area contributed by atoms with Crippen LogP contribution in [-0.4, -0.2) is 23.0 Å². The summed E-state index contributed by atoms with van der Waals surface area (Å²) in [7, 11) is 1.10. The summed E-state index contributed by atoms with van der Waals surface area (Å²) in [5, 5.41) is 0. The monoisotopic (exact) mass is 188 g/mol. The van der Waals surface area contributed by atoms with Crippen LogP contribution >= 0.6 is 0 Å². The van der Waals surface area contributed by atoms with Gasteiger partial charge in [0.05, 0.1) is 12.7 Å². The van der Waals surface area contributed by atoms with Gasteiger partial charge in [0.15, 0.2) is 5.69 Å². The maximum atomic E-state index is 12.2. The number of ether oxygens (including phenoxy) is 1. The molecule has 0 aliphatic carbocycles. The van der Waals surface area contributed by atoms with Crippen LogP contribution in [0, 0.1) is 0 Å². The smallest absolute Gasteiger partial charge is 0.357 e. The third-order valence-electron chi connectivity index (χ3n) is 1.35. The Labute approximate surface area is 72.6 Å². The molecule has 0 atom stereocenters. The zero-order valence-corrected chi connectivity index (χ0v) is 6.70. The largest absolute Gasteiger partial charge is 0.464 e. The second kappa shape index (κ2) is 3.88. The third-order valence-corrected chi connectivity index (χ3v) is 1.35. The predicted molar refractivity (Wildman–Crippen MR) is 38.3 cm³/mol. The molecule has 1 heterocycles. The van der Waals surface area contributed by atoms with E-state index in [-0.39, 0.29) is 0 Å². The Morgan fingerprint density at radius 2 is 2.31 bits per heavy atom. The van der Waals surface area contributed by atoms with Crippen molar-refractivity contribution in [1.82, 2.24) is 9.97 Å². The fourth-order valence-corrected chi connectivity index (χ4v) is 0.767. The van der Waals surface area contributed by atoms with E-state index in [1.165, 1.54) is 0 Å². The normalized spacial score (nSPS) is 10.2. The van der Waals surface area contributed by atoms with Gasteiger partial charge >= 0.3 is 5.97 Å². The summed E-state index contributed by atoms with van der Waals surface area (Å²) in [4.78, 5) is 17.7. The highest BCUT2D eigenvalue weighted by atomic mass is 19.3. The van der Waals surface area contributed by atoms with Gasteiger partial charge in [-0.15, -0.1) is 0 Å². The van der Waals surface area contributed by atoms with E-state index < -0.39 is 23.7 Å². The summed E-state index contributed by atoms with van der Waals surface area (Å²) in [6, 6.07) is 0. The molecule has 0 amide bonds. The quantitative estimate of drug-likeness (QED) is 0.654. The number of halogens is 2. The molecule has 0 radical (unpaired) electrons. The Balaban J connectivity index is 3.12. The number of hydrogen-bond acceptors (Lipinski definition) is 4. The van der Waals surface area contributed by atoms with E-state index in [1.54, 1.807) is 0 Å². The van der Waals surface area contributed by atoms with Crippen LogP contribution in [0.5, 0.6) is 0 Å². The maximum Gasteiger partial charge on any atom is 0.357 e. The van der Waals surface area contributed by atoms with Crippen LogP contribution in [0.1, 0.15) is 22.5 Å². The fourth-order valence-electron chi connectivity index (χ4n) is 0.767. The van der Waals surface area contributed by atoms with E-state index >= 15 is 0 Å². The lowest BCUT2D eigenvalue weighted by atomic mass is 10.2. The summed E-state index contributed by atoms with van der Waals surface area (Å²) in [6.07, 6.45) is -0.877. The average Bonchev–Trinajstić information content (AvgIpc) is 2.16. The number of nitrogens with zero attached hydrogens (tertiary/aromatic N) is 2. The number of carbonyl (C=O) groups is 1. The van der Waals surface area contributed by atoms with E-state index in [0.717, 1.165) is 19.6 Å². The lowest BCUT2D eigenvalue weighted by molar-refractivity contribution is 0.0581. The molecule has 1 rings (SSSR count). The van der Waals surface area contributed by atoms with Gasteiger partial charge < -0.3 is 4.74 Å². The van der Waals surface area contributed by atoms with E-state index in [4.69, 9.17) is 0 Å². The second-order valence-electron chi connectivity index (χ2n) is 2.12. The summed E-state index contributed by atoms with van der Waals surface area (Å²) in [5.41, 5.74) is -0.915. The van der Waals surface area contributed by atoms with Gasteiger partial charge in [0.25, 0.3) is 6.43 Å². The van der Waals surface area contributed by atoms with Crippen molar-refractivity contribution in [1.29, 1.82) is 0 Å². The minimum absolute atomic E-state index is 0.396. The zero-order valence-electron chi connectivity index (χ0n) is 6.70. The van der Waals surface area contributed by atoms with Crippen LogP contribution in [0.25, 0.3) is 0 Å². The van der Waals surface area contributed by atoms with Crippen molar-refractivity contribution in [3.8, 4) is 0 Å². The molecule has 0 bridgehead atoms. The molecule has 4 nitrogen and oxygen atoms in total. The highest BCUT2D eigenvalue weighted by molar-refractivity contribution is 5.88. The highest BCUT2D eigenvalue weighted by Gasteiger charge is 2.20. The Kier molecular flexibility index (Phi) is 2.84. The maximum absolute atomic E-state index is 12.2. The van der Waals surface area contributed by atoms with Crippen molar-refractivity contribution in [2.45, 2.75) is 6.43 Å². The number of carbonyl (C=O) groups excluding carboxylic acids is 1. The average molecular weight is 188 g/mol. The molecular weight excluding hydrogens is 182 g/mol. The molecule has 1 aromatic rings. The van der Waals surface area contributed by atoms with Gasteiger partial charge in [-0.1, -0.05) is 0 Å². The van der Waals surface area contributed by atoms with E-state index in [1.807, 2.05) is 0 Å². The molecule has 70 valence electrons. The molecule has 0 unspecified atom stereocenters. The van der Waals surface area contributed by atoms with Crippen molar-refractivity contribution in [3.63, 3.8) is 0 Å². The summed E-state index contributed by atoms with van der Waals surface area (Å²) < 4.78 is 28.7. The molecule has 0 N–H and O–H groups in total. The molecule has 0 aliphatic rings. The number of methoxy groups -OCH3 is 1. The first-order chi connectivity index (χ1) is 6.16. The number of esters is 1. The van der Waals surface area contributed by atoms with E-state index in [9.17, 15) is 13.6 Å². The number of alkyl halides is 2. The fraction of sp³-hybridized carbons (Fsp3) is 0.286. The van der Waals surface area contributed by atoms with Crippen molar-refractivity contribution < 1.29 is 18.3 Å². The van der Waals surface area contributed by atoms with Crippen molar-refractivity contribution in [2.24, 2.45) is 0 Å². The Hall–Kier alpha value is -1.59. The summed E-state index contributed by atoms with van der Waals surface area (Å²) in [5.74, 6) is -0.891. The van der Waals surface area contributed by atoms with Crippen LogP contribution in [0.15, 0.2) is 12.5 Å². The molecule has 1 aromatic heterocycles. The molecule has 0 saturated carbocycles. The molecule has 6 heteroatoms. The minimum Gasteiger partial charge on any atom is -0.464 e. The van der Waals surface area contributed by atoms with Gasteiger partial charge in [0.2, 0.25) is 0 Å². The zero-order chi connectivity index (χ0) is 9.84. The Morgan fingerprint density at radius 1 is 1.62 bits per heavy atom. The van der Waals surface area contributed by atoms with Crippen LogP contribution in [0.4, 0.5) is 8.78 Å². The van der Waals surface area contributed by atoms with Gasteiger partial charge in [-0.2, -0.15) is 0 Å². The van der Waals surface area contributed by atoms with Gasteiger partial charge in [0.1, 0.15) is 6.33 Å². The molecule has 0 aromatic carbocycles. The van der Waals surface area contributed by atoms with Crippen molar-refractivity contribution >= 4 is 5.97 Å². The van der Waals surface area contributed by atoms with Crippen LogP contribution in [0.2, 0.25) is 0 Å². The number of aromatic nitrogens is 2. The van der Waals surface area contributed by atoms with Gasteiger partial charge in [-0.25, -0.2) is 23.5 Å². The van der Waals surface area contributed by atoms with Crippen LogP contribution in [-0.2, 0) is 4.74 Å². The third kappa shape index (κ3) is 1.95. The number of hydrogen-bond donors (Lipinski definition) is 0. The predicted octanol–water partition coefficient (Wildman–Crippen LogP) is 1.20. The first-order valence-electron chi connectivity index (χ1n) is 3.33. The van der Waals surface area contributed by atoms with Gasteiger partial charge in [-0.05, 0) is 0 Å². The van der Waals surface area contributed by atoms with E-state index in [2.05, 4.69) is 14.7 Å². The molecule has 0 spiro atoms. The SMILES string of the molecule is COC(=O)c1ncncc1C(F)F. The lowest BCUT2D eigenvalue weighted by Crippen LogP contribution is -2.09. The topological polar surface area (TPSA) is 52.1 Å². The summed E-state index contributed by atoms with van der Waals surface area (Å²) in [6.45, 7) is 0. The highest BCUT2D eigenvalue weighted by Crippen LogP contribution is 2.20. The first kappa shape index (κ1) is 9.50. The van der Waals surface area contributed by atoms with E-state index in [0.29, 0.717) is 0 Å². The van der Waals surface area contributed by atoms with Crippen molar-refractivity contribution in [3.05, 3.63) is 23.8 Å². The number of rotatable bonds is 2. The van der Waals surface area contributed by atoms with Crippen molar-refractivity contribution in [2.75, 3.05) is 7.11 Å². The molecular formula is C7H6F2N2O2. The molecule has 13 heavy (non-hydrogen) atoms. The standard InChI is InChI=1S/C7H6F2N2O2/c1-13-7(12)5-4(6(8)9)2-10-3-11-5/h2-3,6H,1H3.